The molecular weight excluding hydrogens is 370 g/mol. The maximum Gasteiger partial charge on any atom is 0.193 e. The molecule has 2 N–H and O–H groups in total. The summed E-state index contributed by atoms with van der Waals surface area (Å²) in [5.41, 5.74) is 4.28. The third-order valence-corrected chi connectivity index (χ3v) is 5.42. The van der Waals surface area contributed by atoms with E-state index in [1.165, 1.54) is 0 Å². The third-order valence-electron chi connectivity index (χ3n) is 5.21. The lowest BCUT2D eigenvalue weighted by Crippen LogP contribution is -2.50. The number of nitrogens with one attached hydrogen (secondary N) is 2. The van der Waals surface area contributed by atoms with Crippen LogP contribution in [0.15, 0.2) is 59.1 Å². The second kappa shape index (κ2) is 8.12. The van der Waals surface area contributed by atoms with Gasteiger partial charge in [-0.15, -0.1) is 0 Å². The van der Waals surface area contributed by atoms with Gasteiger partial charge in [-0.1, -0.05) is 36.4 Å². The number of methoxy groups -OCH3 is 2. The fourth-order valence-corrected chi connectivity index (χ4v) is 4.13. The maximum atomic E-state index is 5.59. The first-order valence-electron chi connectivity index (χ1n) is 9.28. The van der Waals surface area contributed by atoms with E-state index in [4.69, 9.17) is 26.7 Å². The van der Waals surface area contributed by atoms with Crippen molar-refractivity contribution in [3.8, 4) is 11.5 Å². The molecule has 6 heteroatoms. The zero-order chi connectivity index (χ0) is 19.5. The molecule has 0 aromatic heterocycles. The van der Waals surface area contributed by atoms with Crippen LogP contribution < -0.4 is 20.1 Å². The zero-order valence-electron chi connectivity index (χ0n) is 15.9. The molecule has 2 aromatic rings. The Morgan fingerprint density at radius 1 is 1.04 bits per heavy atom. The minimum Gasteiger partial charge on any atom is -0.496 e. The number of piperidine rings is 1. The molecule has 5 nitrogen and oxygen atoms in total. The smallest absolute Gasteiger partial charge is 0.193 e. The first-order chi connectivity index (χ1) is 13.7. The highest BCUT2D eigenvalue weighted by molar-refractivity contribution is 7.80. The minimum atomic E-state index is 0.00465. The standard InChI is InChI=1S/C22H23N3O2S/c1-26-18-9-5-3-7-14(18)11-15-12-23-13-17-20(15)24-22(28)25-21(17)16-8-4-6-10-19(16)27-2/h3-11,17,21,23H,12-13H2,1-2H3,(H,25,28)/b15-11+. The summed E-state index contributed by atoms with van der Waals surface area (Å²) >= 11 is 5.49. The van der Waals surface area contributed by atoms with Gasteiger partial charge in [-0.2, -0.15) is 0 Å². The molecule has 2 heterocycles. The first-order valence-corrected chi connectivity index (χ1v) is 9.68. The van der Waals surface area contributed by atoms with E-state index in [0.717, 1.165) is 47.0 Å². The van der Waals surface area contributed by atoms with Crippen LogP contribution in [-0.4, -0.2) is 38.1 Å². The van der Waals surface area contributed by atoms with Gasteiger partial charge >= 0.3 is 0 Å². The van der Waals surface area contributed by atoms with Crippen LogP contribution in [-0.2, 0) is 0 Å². The lowest BCUT2D eigenvalue weighted by atomic mass is 9.81. The summed E-state index contributed by atoms with van der Waals surface area (Å²) in [5, 5.41) is 7.42. The van der Waals surface area contributed by atoms with Gasteiger partial charge in [-0.3, -0.25) is 0 Å². The van der Waals surface area contributed by atoms with Crippen molar-refractivity contribution in [2.45, 2.75) is 6.04 Å². The highest BCUT2D eigenvalue weighted by Gasteiger charge is 2.37. The van der Waals surface area contributed by atoms with E-state index in [1.807, 2.05) is 42.5 Å². The van der Waals surface area contributed by atoms with E-state index in [-0.39, 0.29) is 12.0 Å². The molecule has 0 bridgehead atoms. The van der Waals surface area contributed by atoms with Gasteiger partial charge in [0.2, 0.25) is 0 Å². The van der Waals surface area contributed by atoms with Crippen molar-refractivity contribution in [2.24, 2.45) is 10.9 Å². The fraction of sp³-hybridized carbons (Fsp3) is 0.273. The molecule has 2 aliphatic rings. The monoisotopic (exact) mass is 393 g/mol. The molecule has 1 fully saturated rings. The van der Waals surface area contributed by atoms with Crippen molar-refractivity contribution in [3.05, 3.63) is 65.2 Å². The number of hydrogen-bond donors (Lipinski definition) is 2. The molecule has 0 saturated carbocycles. The summed E-state index contributed by atoms with van der Waals surface area (Å²) in [6.07, 6.45) is 2.14. The lowest BCUT2D eigenvalue weighted by Gasteiger charge is -2.38. The molecular formula is C22H23N3O2S. The molecule has 144 valence electrons. The Kier molecular flexibility index (Phi) is 5.41. The molecule has 2 atom stereocenters. The van der Waals surface area contributed by atoms with Crippen molar-refractivity contribution >= 4 is 29.1 Å². The molecule has 2 aliphatic heterocycles. The van der Waals surface area contributed by atoms with E-state index in [0.29, 0.717) is 5.11 Å². The number of aliphatic imine (C=N–C) groups is 1. The van der Waals surface area contributed by atoms with Crippen LogP contribution in [0.1, 0.15) is 17.2 Å². The van der Waals surface area contributed by atoms with Crippen LogP contribution in [0.4, 0.5) is 0 Å². The number of hydrogen-bond acceptors (Lipinski definition) is 4. The predicted octanol–water partition coefficient (Wildman–Crippen LogP) is 3.38. The highest BCUT2D eigenvalue weighted by Crippen LogP contribution is 2.36. The molecule has 4 rings (SSSR count). The minimum absolute atomic E-state index is 0.00465. The van der Waals surface area contributed by atoms with Crippen LogP contribution in [0.2, 0.25) is 0 Å². The van der Waals surface area contributed by atoms with E-state index >= 15 is 0 Å². The lowest BCUT2D eigenvalue weighted by molar-refractivity contribution is 0.388. The summed E-state index contributed by atoms with van der Waals surface area (Å²) in [7, 11) is 3.38. The van der Waals surface area contributed by atoms with Gasteiger partial charge < -0.3 is 20.1 Å². The number of fused-ring (bicyclic) bond motifs is 1. The molecule has 0 aliphatic carbocycles. The van der Waals surface area contributed by atoms with E-state index in [1.54, 1.807) is 14.2 Å². The molecule has 28 heavy (non-hydrogen) atoms. The van der Waals surface area contributed by atoms with E-state index < -0.39 is 0 Å². The molecule has 2 aromatic carbocycles. The van der Waals surface area contributed by atoms with Crippen molar-refractivity contribution in [1.82, 2.24) is 10.6 Å². The van der Waals surface area contributed by atoms with Gasteiger partial charge in [-0.25, -0.2) is 4.99 Å². The Hall–Kier alpha value is -2.70. The quantitative estimate of drug-likeness (QED) is 0.780. The SMILES string of the molecule is COc1ccccc1/C=C1\CNCC2C1=NC(=S)NC2c1ccccc1OC. The molecule has 1 saturated heterocycles. The van der Waals surface area contributed by atoms with Crippen LogP contribution in [0.25, 0.3) is 6.08 Å². The van der Waals surface area contributed by atoms with Crippen LogP contribution >= 0.6 is 12.2 Å². The second-order valence-corrected chi connectivity index (χ2v) is 7.20. The summed E-state index contributed by atoms with van der Waals surface area (Å²) in [6.45, 7) is 1.56. The summed E-state index contributed by atoms with van der Waals surface area (Å²) in [5.74, 6) is 1.85. The Balaban J connectivity index is 1.75. The number of thiocarbonyl (C=S) groups is 1. The summed E-state index contributed by atoms with van der Waals surface area (Å²) in [6, 6.07) is 16.1. The van der Waals surface area contributed by atoms with Gasteiger partial charge in [0.15, 0.2) is 5.11 Å². The van der Waals surface area contributed by atoms with Crippen molar-refractivity contribution in [2.75, 3.05) is 27.3 Å². The average molecular weight is 394 g/mol. The Morgan fingerprint density at radius 3 is 2.54 bits per heavy atom. The third kappa shape index (κ3) is 3.53. The average Bonchev–Trinajstić information content (AvgIpc) is 2.74. The maximum absolute atomic E-state index is 5.59. The normalized spacial score (nSPS) is 22.9. The van der Waals surface area contributed by atoms with Gasteiger partial charge in [-0.05, 0) is 36.0 Å². The molecule has 0 spiro atoms. The van der Waals surface area contributed by atoms with Gasteiger partial charge in [0.25, 0.3) is 0 Å². The number of rotatable bonds is 4. The van der Waals surface area contributed by atoms with E-state index in [2.05, 4.69) is 22.8 Å². The van der Waals surface area contributed by atoms with Crippen molar-refractivity contribution in [3.63, 3.8) is 0 Å². The van der Waals surface area contributed by atoms with Gasteiger partial charge in [0.05, 0.1) is 26.0 Å². The largest absolute Gasteiger partial charge is 0.496 e. The number of benzene rings is 2. The molecule has 2 unspecified atom stereocenters. The Labute approximate surface area is 170 Å². The molecule has 0 radical (unpaired) electrons. The first kappa shape index (κ1) is 18.7. The van der Waals surface area contributed by atoms with Crippen LogP contribution in [0.3, 0.4) is 0 Å². The summed E-state index contributed by atoms with van der Waals surface area (Å²) < 4.78 is 11.1. The second-order valence-electron chi connectivity index (χ2n) is 6.82. The molecule has 0 amide bonds. The zero-order valence-corrected chi connectivity index (χ0v) is 16.8. The number of para-hydroxylation sites is 2. The Morgan fingerprint density at radius 2 is 1.75 bits per heavy atom. The highest BCUT2D eigenvalue weighted by atomic mass is 32.1. The van der Waals surface area contributed by atoms with Crippen molar-refractivity contribution in [1.29, 1.82) is 0 Å². The predicted molar refractivity (Wildman–Crippen MR) is 116 cm³/mol. The summed E-state index contributed by atoms with van der Waals surface area (Å²) in [4.78, 5) is 4.72. The van der Waals surface area contributed by atoms with E-state index in [9.17, 15) is 0 Å². The van der Waals surface area contributed by atoms with Crippen LogP contribution in [0, 0.1) is 5.92 Å². The number of ether oxygens (including phenoxy) is 2. The number of nitrogens with zero attached hydrogens (tertiary/aromatic N) is 1. The van der Waals surface area contributed by atoms with Gasteiger partial charge in [0, 0.05) is 30.1 Å². The fourth-order valence-electron chi connectivity index (χ4n) is 3.91. The topological polar surface area (TPSA) is 54.9 Å². The van der Waals surface area contributed by atoms with Crippen LogP contribution in [0.5, 0.6) is 11.5 Å². The Bertz CT molecular complexity index is 954. The van der Waals surface area contributed by atoms with Crippen molar-refractivity contribution < 1.29 is 9.47 Å². The van der Waals surface area contributed by atoms with Gasteiger partial charge in [0.1, 0.15) is 11.5 Å².